The highest BCUT2D eigenvalue weighted by Gasteiger charge is 2.35. The number of hydrogen-bond acceptors (Lipinski definition) is 5. The number of nitrogens with one attached hydrogen (secondary N) is 1. The van der Waals surface area contributed by atoms with E-state index >= 15 is 0 Å². The van der Waals surface area contributed by atoms with Gasteiger partial charge in [-0.25, -0.2) is 4.79 Å². The summed E-state index contributed by atoms with van der Waals surface area (Å²) in [6, 6.07) is -1.35. The summed E-state index contributed by atoms with van der Waals surface area (Å²) in [5.41, 5.74) is 0. The van der Waals surface area contributed by atoms with Crippen LogP contribution in [0.25, 0.3) is 0 Å². The van der Waals surface area contributed by atoms with Gasteiger partial charge in [-0.2, -0.15) is 0 Å². The van der Waals surface area contributed by atoms with E-state index in [0.29, 0.717) is 6.54 Å². The summed E-state index contributed by atoms with van der Waals surface area (Å²) < 4.78 is 4.37. The molecule has 0 bridgehead atoms. The quantitative estimate of drug-likeness (QED) is 0.605. The third kappa shape index (κ3) is 3.94. The molecule has 112 valence electrons. The van der Waals surface area contributed by atoms with Crippen molar-refractivity contribution in [3.05, 3.63) is 0 Å². The van der Waals surface area contributed by atoms with E-state index in [4.69, 9.17) is 5.11 Å². The van der Waals surface area contributed by atoms with Crippen molar-refractivity contribution < 1.29 is 29.0 Å². The summed E-state index contributed by atoms with van der Waals surface area (Å²) in [6.07, 6.45) is -0.389. The molecule has 1 unspecified atom stereocenters. The van der Waals surface area contributed by atoms with Crippen molar-refractivity contribution in [1.82, 2.24) is 10.2 Å². The SMILES string of the molecule is CCN1CC(C(=O)N[C@@H](CC(=O)OC)C(=O)O)CC1=O. The Hall–Kier alpha value is -2.12. The maximum atomic E-state index is 11.9. The van der Waals surface area contributed by atoms with Crippen molar-refractivity contribution in [1.29, 1.82) is 0 Å². The molecule has 0 saturated carbocycles. The molecule has 0 spiro atoms. The summed E-state index contributed by atoms with van der Waals surface area (Å²) in [6.45, 7) is 2.58. The Labute approximate surface area is 116 Å². The van der Waals surface area contributed by atoms with Crippen LogP contribution in [-0.2, 0) is 23.9 Å². The van der Waals surface area contributed by atoms with Gasteiger partial charge in [-0.15, -0.1) is 0 Å². The molecule has 2 atom stereocenters. The van der Waals surface area contributed by atoms with E-state index in [0.717, 1.165) is 7.11 Å². The van der Waals surface area contributed by atoms with Crippen molar-refractivity contribution >= 4 is 23.8 Å². The number of methoxy groups -OCH3 is 1. The van der Waals surface area contributed by atoms with Gasteiger partial charge in [-0.3, -0.25) is 14.4 Å². The standard InChI is InChI=1S/C12H18N2O6/c1-3-14-6-7(4-9(14)15)11(17)13-8(12(18)19)5-10(16)20-2/h7-8H,3-6H2,1-2H3,(H,13,17)(H,18,19)/t7?,8-/m0/s1. The highest BCUT2D eigenvalue weighted by molar-refractivity contribution is 5.92. The molecule has 0 aromatic rings. The molecule has 8 heteroatoms. The Morgan fingerprint density at radius 1 is 1.50 bits per heavy atom. The minimum Gasteiger partial charge on any atom is -0.480 e. The number of carbonyl (C=O) groups is 4. The lowest BCUT2D eigenvalue weighted by molar-refractivity contribution is -0.149. The number of carboxylic acid groups (broad SMARTS) is 1. The van der Waals surface area contributed by atoms with Crippen LogP contribution in [0.3, 0.4) is 0 Å². The molecule has 1 heterocycles. The van der Waals surface area contributed by atoms with Crippen molar-refractivity contribution in [3.8, 4) is 0 Å². The smallest absolute Gasteiger partial charge is 0.326 e. The summed E-state index contributed by atoms with van der Waals surface area (Å²) in [4.78, 5) is 47.0. The van der Waals surface area contributed by atoms with Crippen LogP contribution >= 0.6 is 0 Å². The number of rotatable bonds is 6. The second-order valence-corrected chi connectivity index (χ2v) is 4.51. The zero-order valence-electron chi connectivity index (χ0n) is 11.4. The van der Waals surface area contributed by atoms with Gasteiger partial charge in [0, 0.05) is 19.5 Å². The van der Waals surface area contributed by atoms with Crippen LogP contribution in [0.4, 0.5) is 0 Å². The van der Waals surface area contributed by atoms with Gasteiger partial charge in [-0.05, 0) is 6.92 Å². The number of nitrogens with zero attached hydrogens (tertiary/aromatic N) is 1. The summed E-state index contributed by atoms with van der Waals surface area (Å²) in [5.74, 6) is -3.30. The zero-order chi connectivity index (χ0) is 15.3. The summed E-state index contributed by atoms with van der Waals surface area (Å²) >= 11 is 0. The van der Waals surface area contributed by atoms with Gasteiger partial charge >= 0.3 is 11.9 Å². The number of carboxylic acids is 1. The van der Waals surface area contributed by atoms with Gasteiger partial charge in [0.25, 0.3) is 0 Å². The minimum absolute atomic E-state index is 0.0598. The molecule has 1 aliphatic heterocycles. The molecule has 1 fully saturated rings. The van der Waals surface area contributed by atoms with Crippen molar-refractivity contribution in [2.45, 2.75) is 25.8 Å². The topological polar surface area (TPSA) is 113 Å². The molecule has 1 aliphatic rings. The van der Waals surface area contributed by atoms with E-state index in [9.17, 15) is 19.2 Å². The Kier molecular flexibility index (Phi) is 5.48. The highest BCUT2D eigenvalue weighted by atomic mass is 16.5. The first-order valence-corrected chi connectivity index (χ1v) is 6.26. The molecule has 2 N–H and O–H groups in total. The number of carbonyl (C=O) groups excluding carboxylic acids is 3. The van der Waals surface area contributed by atoms with E-state index in [-0.39, 0.29) is 18.9 Å². The van der Waals surface area contributed by atoms with Gasteiger partial charge in [0.1, 0.15) is 6.04 Å². The third-order valence-corrected chi connectivity index (χ3v) is 3.18. The molecule has 8 nitrogen and oxygen atoms in total. The third-order valence-electron chi connectivity index (χ3n) is 3.18. The lowest BCUT2D eigenvalue weighted by Crippen LogP contribution is -2.45. The fraction of sp³-hybridized carbons (Fsp3) is 0.667. The van der Waals surface area contributed by atoms with Gasteiger partial charge in [0.2, 0.25) is 11.8 Å². The van der Waals surface area contributed by atoms with Crippen LogP contribution in [0.2, 0.25) is 0 Å². The van der Waals surface area contributed by atoms with Crippen LogP contribution in [0.5, 0.6) is 0 Å². The average molecular weight is 286 g/mol. The number of likely N-dealkylation sites (tertiary alicyclic amines) is 1. The highest BCUT2D eigenvalue weighted by Crippen LogP contribution is 2.17. The number of amides is 2. The fourth-order valence-electron chi connectivity index (χ4n) is 1.99. The van der Waals surface area contributed by atoms with E-state index in [1.807, 2.05) is 0 Å². The largest absolute Gasteiger partial charge is 0.480 e. The predicted molar refractivity (Wildman–Crippen MR) is 66.6 cm³/mol. The van der Waals surface area contributed by atoms with Gasteiger partial charge in [0.15, 0.2) is 0 Å². The second kappa shape index (κ2) is 6.88. The van der Waals surface area contributed by atoms with Crippen LogP contribution in [0, 0.1) is 5.92 Å². The van der Waals surface area contributed by atoms with Gasteiger partial charge in [0.05, 0.1) is 19.4 Å². The Balaban J connectivity index is 2.61. The first kappa shape index (κ1) is 15.9. The lowest BCUT2D eigenvalue weighted by Gasteiger charge is -2.17. The number of esters is 1. The van der Waals surface area contributed by atoms with E-state index in [1.165, 1.54) is 4.90 Å². The van der Waals surface area contributed by atoms with Crippen LogP contribution in [0.15, 0.2) is 0 Å². The molecule has 1 saturated heterocycles. The van der Waals surface area contributed by atoms with Crippen LogP contribution in [0.1, 0.15) is 19.8 Å². The molecule has 2 amide bonds. The van der Waals surface area contributed by atoms with Gasteiger partial charge < -0.3 is 20.1 Å². The second-order valence-electron chi connectivity index (χ2n) is 4.51. The van der Waals surface area contributed by atoms with Gasteiger partial charge in [-0.1, -0.05) is 0 Å². The minimum atomic E-state index is -1.35. The monoisotopic (exact) mass is 286 g/mol. The van der Waals surface area contributed by atoms with E-state index < -0.39 is 36.2 Å². The fourth-order valence-corrected chi connectivity index (χ4v) is 1.99. The first-order chi connectivity index (χ1) is 9.38. The lowest BCUT2D eigenvalue weighted by atomic mass is 10.1. The zero-order valence-corrected chi connectivity index (χ0v) is 11.4. The van der Waals surface area contributed by atoms with Crippen LogP contribution < -0.4 is 5.32 Å². The number of aliphatic carboxylic acids is 1. The van der Waals surface area contributed by atoms with Crippen molar-refractivity contribution in [2.24, 2.45) is 5.92 Å². The predicted octanol–water partition coefficient (Wildman–Crippen LogP) is -1.01. The maximum absolute atomic E-state index is 11.9. The summed E-state index contributed by atoms with van der Waals surface area (Å²) in [7, 11) is 1.14. The van der Waals surface area contributed by atoms with Crippen molar-refractivity contribution in [3.63, 3.8) is 0 Å². The normalized spacial score (nSPS) is 19.6. The van der Waals surface area contributed by atoms with E-state index in [1.54, 1.807) is 6.92 Å². The maximum Gasteiger partial charge on any atom is 0.326 e. The first-order valence-electron chi connectivity index (χ1n) is 6.26. The number of ether oxygens (including phenoxy) is 1. The average Bonchev–Trinajstić information content (AvgIpc) is 2.78. The molecular weight excluding hydrogens is 268 g/mol. The molecule has 20 heavy (non-hydrogen) atoms. The molecule has 1 rings (SSSR count). The Morgan fingerprint density at radius 2 is 2.15 bits per heavy atom. The summed E-state index contributed by atoms with van der Waals surface area (Å²) in [5, 5.41) is 11.2. The Bertz CT molecular complexity index is 422. The van der Waals surface area contributed by atoms with Crippen molar-refractivity contribution in [2.75, 3.05) is 20.2 Å². The number of hydrogen-bond donors (Lipinski definition) is 2. The molecule has 0 radical (unpaired) electrons. The molecule has 0 aromatic heterocycles. The Morgan fingerprint density at radius 3 is 2.60 bits per heavy atom. The molecule has 0 aliphatic carbocycles. The molecule has 0 aromatic carbocycles. The van der Waals surface area contributed by atoms with Crippen LogP contribution in [-0.4, -0.2) is 60.0 Å². The molecular formula is C12H18N2O6. The van der Waals surface area contributed by atoms with E-state index in [2.05, 4.69) is 10.1 Å².